The van der Waals surface area contributed by atoms with Crippen molar-refractivity contribution in [3.8, 4) is 11.5 Å². The van der Waals surface area contributed by atoms with Gasteiger partial charge in [-0.25, -0.2) is 9.59 Å². The molecule has 2 N–H and O–H groups in total. The SMILES string of the molecule is CCCNC(=O)OCCN(CCOC(=O)NCCC)CCc1cccc(OC)c1OC. The number of para-hydroxylation sites is 1. The van der Waals surface area contributed by atoms with E-state index in [4.69, 9.17) is 18.9 Å². The van der Waals surface area contributed by atoms with Gasteiger partial charge in [0, 0.05) is 32.7 Å². The normalized spacial score (nSPS) is 10.5. The number of nitrogens with one attached hydrogen (secondary N) is 2. The van der Waals surface area contributed by atoms with Crippen molar-refractivity contribution in [1.82, 2.24) is 15.5 Å². The minimum absolute atomic E-state index is 0.243. The van der Waals surface area contributed by atoms with Gasteiger partial charge in [-0.3, -0.25) is 4.90 Å². The van der Waals surface area contributed by atoms with Gasteiger partial charge in [0.2, 0.25) is 0 Å². The highest BCUT2D eigenvalue weighted by Crippen LogP contribution is 2.30. The molecule has 9 heteroatoms. The number of hydrogen-bond donors (Lipinski definition) is 2. The third-order valence-electron chi connectivity index (χ3n) is 4.50. The van der Waals surface area contributed by atoms with Crippen molar-refractivity contribution in [1.29, 1.82) is 0 Å². The standard InChI is InChI=1S/C22H37N3O6/c1-5-11-23-21(26)30-16-14-25(15-17-31-22(27)24-12-6-2)13-10-18-8-7-9-19(28-3)20(18)29-4/h7-9H,5-6,10-17H2,1-4H3,(H,23,26)(H,24,27). The fraction of sp³-hybridized carbons (Fsp3) is 0.636. The maximum Gasteiger partial charge on any atom is 0.407 e. The Balaban J connectivity index is 2.62. The lowest BCUT2D eigenvalue weighted by molar-refractivity contribution is 0.107. The molecule has 0 saturated heterocycles. The number of amides is 2. The molecule has 176 valence electrons. The molecule has 2 amide bonds. The largest absolute Gasteiger partial charge is 0.493 e. The van der Waals surface area contributed by atoms with E-state index in [0.29, 0.717) is 50.6 Å². The third-order valence-corrected chi connectivity index (χ3v) is 4.50. The molecule has 1 aromatic carbocycles. The first-order chi connectivity index (χ1) is 15.0. The van der Waals surface area contributed by atoms with Gasteiger partial charge in [0.15, 0.2) is 11.5 Å². The minimum atomic E-state index is -0.425. The van der Waals surface area contributed by atoms with Gasteiger partial charge in [0.05, 0.1) is 14.2 Å². The van der Waals surface area contributed by atoms with Crippen LogP contribution in [0.5, 0.6) is 11.5 Å². The number of carbonyl (C=O) groups is 2. The first-order valence-corrected chi connectivity index (χ1v) is 10.8. The van der Waals surface area contributed by atoms with Gasteiger partial charge in [0.1, 0.15) is 13.2 Å². The van der Waals surface area contributed by atoms with Gasteiger partial charge in [-0.05, 0) is 30.9 Å². The molecule has 1 rings (SSSR count). The van der Waals surface area contributed by atoms with Crippen LogP contribution in [-0.4, -0.2) is 77.2 Å². The van der Waals surface area contributed by atoms with Crippen molar-refractivity contribution >= 4 is 12.2 Å². The summed E-state index contributed by atoms with van der Waals surface area (Å²) >= 11 is 0. The highest BCUT2D eigenvalue weighted by atomic mass is 16.6. The van der Waals surface area contributed by atoms with E-state index in [0.717, 1.165) is 18.4 Å². The molecule has 0 aromatic heterocycles. The van der Waals surface area contributed by atoms with Crippen LogP contribution in [0.25, 0.3) is 0 Å². The monoisotopic (exact) mass is 439 g/mol. The molecular weight excluding hydrogens is 402 g/mol. The molecular formula is C22H37N3O6. The Labute approximate surface area is 185 Å². The molecule has 0 aliphatic heterocycles. The summed E-state index contributed by atoms with van der Waals surface area (Å²) in [5.41, 5.74) is 1.01. The van der Waals surface area contributed by atoms with E-state index in [1.807, 2.05) is 32.0 Å². The van der Waals surface area contributed by atoms with Crippen molar-refractivity contribution in [2.75, 3.05) is 60.2 Å². The number of nitrogens with zero attached hydrogens (tertiary/aromatic N) is 1. The second-order valence-corrected chi connectivity index (χ2v) is 6.87. The van der Waals surface area contributed by atoms with Gasteiger partial charge < -0.3 is 29.6 Å². The summed E-state index contributed by atoms with van der Waals surface area (Å²) in [6.45, 7) is 7.31. The summed E-state index contributed by atoms with van der Waals surface area (Å²) in [5.74, 6) is 1.38. The zero-order valence-corrected chi connectivity index (χ0v) is 19.2. The lowest BCUT2D eigenvalue weighted by atomic mass is 10.1. The van der Waals surface area contributed by atoms with Gasteiger partial charge in [-0.2, -0.15) is 0 Å². The molecule has 0 fully saturated rings. The summed E-state index contributed by atoms with van der Waals surface area (Å²) in [6, 6.07) is 5.76. The zero-order chi connectivity index (χ0) is 22.9. The Morgan fingerprint density at radius 3 is 1.94 bits per heavy atom. The molecule has 0 radical (unpaired) electrons. The molecule has 0 aliphatic carbocycles. The quantitative estimate of drug-likeness (QED) is 0.434. The molecule has 0 bridgehead atoms. The van der Waals surface area contributed by atoms with Crippen molar-refractivity contribution < 1.29 is 28.5 Å². The van der Waals surface area contributed by atoms with Crippen LogP contribution in [-0.2, 0) is 15.9 Å². The van der Waals surface area contributed by atoms with Crippen LogP contribution in [0.2, 0.25) is 0 Å². The summed E-state index contributed by atoms with van der Waals surface area (Å²) in [5, 5.41) is 5.36. The van der Waals surface area contributed by atoms with Gasteiger partial charge in [-0.15, -0.1) is 0 Å². The van der Waals surface area contributed by atoms with E-state index >= 15 is 0 Å². The van der Waals surface area contributed by atoms with E-state index in [2.05, 4.69) is 15.5 Å². The number of ether oxygens (including phenoxy) is 4. The lowest BCUT2D eigenvalue weighted by Gasteiger charge is -2.23. The topological polar surface area (TPSA) is 98.4 Å². The Morgan fingerprint density at radius 2 is 1.45 bits per heavy atom. The summed E-state index contributed by atoms with van der Waals surface area (Å²) in [7, 11) is 3.22. The molecule has 1 aromatic rings. The van der Waals surface area contributed by atoms with E-state index in [9.17, 15) is 9.59 Å². The zero-order valence-electron chi connectivity index (χ0n) is 19.2. The average Bonchev–Trinajstić information content (AvgIpc) is 2.78. The predicted molar refractivity (Wildman–Crippen MR) is 119 cm³/mol. The number of rotatable bonds is 15. The lowest BCUT2D eigenvalue weighted by Crippen LogP contribution is -2.36. The number of benzene rings is 1. The van der Waals surface area contributed by atoms with Crippen LogP contribution in [0.1, 0.15) is 32.3 Å². The first kappa shape index (κ1) is 26.4. The Hall–Kier alpha value is -2.68. The fourth-order valence-corrected chi connectivity index (χ4v) is 2.86. The second-order valence-electron chi connectivity index (χ2n) is 6.87. The van der Waals surface area contributed by atoms with Crippen molar-refractivity contribution in [3.05, 3.63) is 23.8 Å². The van der Waals surface area contributed by atoms with Crippen LogP contribution < -0.4 is 20.1 Å². The molecule has 0 spiro atoms. The molecule has 0 heterocycles. The number of carbonyl (C=O) groups excluding carboxylic acids is 2. The minimum Gasteiger partial charge on any atom is -0.493 e. The summed E-state index contributed by atoms with van der Waals surface area (Å²) < 4.78 is 21.3. The van der Waals surface area contributed by atoms with Gasteiger partial charge in [0.25, 0.3) is 0 Å². The molecule has 31 heavy (non-hydrogen) atoms. The van der Waals surface area contributed by atoms with E-state index < -0.39 is 12.2 Å². The molecule has 0 saturated carbocycles. The molecule has 0 aliphatic rings. The third kappa shape index (κ3) is 10.8. The number of alkyl carbamates (subject to hydrolysis) is 2. The Morgan fingerprint density at radius 1 is 0.871 bits per heavy atom. The summed E-state index contributed by atoms with van der Waals surface area (Å²) in [6.07, 6.45) is 1.55. The van der Waals surface area contributed by atoms with Crippen LogP contribution in [0.4, 0.5) is 9.59 Å². The van der Waals surface area contributed by atoms with Crippen molar-refractivity contribution in [2.24, 2.45) is 0 Å². The first-order valence-electron chi connectivity index (χ1n) is 10.8. The van der Waals surface area contributed by atoms with E-state index in [-0.39, 0.29) is 13.2 Å². The maximum atomic E-state index is 11.7. The van der Waals surface area contributed by atoms with Crippen molar-refractivity contribution in [2.45, 2.75) is 33.1 Å². The smallest absolute Gasteiger partial charge is 0.407 e. The average molecular weight is 440 g/mol. The molecule has 0 atom stereocenters. The van der Waals surface area contributed by atoms with Crippen molar-refractivity contribution in [3.63, 3.8) is 0 Å². The van der Waals surface area contributed by atoms with Gasteiger partial charge in [-0.1, -0.05) is 26.0 Å². The van der Waals surface area contributed by atoms with Crippen LogP contribution in [0, 0.1) is 0 Å². The number of methoxy groups -OCH3 is 2. The molecule has 9 nitrogen and oxygen atoms in total. The van der Waals surface area contributed by atoms with Crippen LogP contribution in [0.15, 0.2) is 18.2 Å². The molecule has 0 unspecified atom stereocenters. The fourth-order valence-electron chi connectivity index (χ4n) is 2.86. The van der Waals surface area contributed by atoms with Crippen LogP contribution >= 0.6 is 0 Å². The Bertz CT molecular complexity index is 630. The Kier molecular flexibility index (Phi) is 13.7. The highest BCUT2D eigenvalue weighted by molar-refractivity contribution is 5.67. The maximum absolute atomic E-state index is 11.7. The predicted octanol–water partition coefficient (Wildman–Crippen LogP) is 2.82. The number of hydrogen-bond acceptors (Lipinski definition) is 7. The van der Waals surface area contributed by atoms with Crippen LogP contribution in [0.3, 0.4) is 0 Å². The second kappa shape index (κ2) is 16.1. The van der Waals surface area contributed by atoms with E-state index in [1.54, 1.807) is 14.2 Å². The van der Waals surface area contributed by atoms with E-state index in [1.165, 1.54) is 0 Å². The highest BCUT2D eigenvalue weighted by Gasteiger charge is 2.13. The van der Waals surface area contributed by atoms with Gasteiger partial charge >= 0.3 is 12.2 Å². The summed E-state index contributed by atoms with van der Waals surface area (Å²) in [4.78, 5) is 25.4.